The van der Waals surface area contributed by atoms with Gasteiger partial charge in [-0.25, -0.2) is 4.98 Å². The van der Waals surface area contributed by atoms with Gasteiger partial charge in [-0.05, 0) is 20.8 Å². The van der Waals surface area contributed by atoms with Gasteiger partial charge in [0.05, 0.1) is 18.0 Å². The zero-order valence-corrected chi connectivity index (χ0v) is 18.0. The number of hydrogen-bond donors (Lipinski definition) is 2. The number of hydrogen-bond acceptors (Lipinski definition) is 7. The van der Waals surface area contributed by atoms with Gasteiger partial charge in [-0.3, -0.25) is 4.79 Å². The van der Waals surface area contributed by atoms with Crippen molar-refractivity contribution >= 4 is 34.1 Å². The predicted molar refractivity (Wildman–Crippen MR) is 114 cm³/mol. The van der Waals surface area contributed by atoms with Crippen molar-refractivity contribution in [3.8, 4) is 11.3 Å². The number of carbonyl (C=O) groups is 1. The van der Waals surface area contributed by atoms with Crippen LogP contribution in [0.3, 0.4) is 0 Å². The van der Waals surface area contributed by atoms with Gasteiger partial charge in [-0.1, -0.05) is 42.1 Å². The first-order chi connectivity index (χ1) is 13.3. The molecule has 148 valence electrons. The molecule has 2 aromatic heterocycles. The van der Waals surface area contributed by atoms with Crippen LogP contribution in [0.4, 0.5) is 5.13 Å². The van der Waals surface area contributed by atoms with Crippen molar-refractivity contribution in [2.45, 2.75) is 38.0 Å². The highest BCUT2D eigenvalue weighted by Crippen LogP contribution is 2.25. The lowest BCUT2D eigenvalue weighted by Crippen LogP contribution is -2.41. The molecule has 9 heteroatoms. The maximum atomic E-state index is 12.0. The molecule has 0 spiro atoms. The summed E-state index contributed by atoms with van der Waals surface area (Å²) in [5.41, 5.74) is 1.81. The van der Waals surface area contributed by atoms with Crippen molar-refractivity contribution in [3.63, 3.8) is 0 Å². The van der Waals surface area contributed by atoms with Crippen molar-refractivity contribution < 1.29 is 4.79 Å². The fourth-order valence-corrected chi connectivity index (χ4v) is 3.91. The van der Waals surface area contributed by atoms with Crippen molar-refractivity contribution in [1.29, 1.82) is 0 Å². The van der Waals surface area contributed by atoms with E-state index in [1.54, 1.807) is 11.3 Å². The average Bonchev–Trinajstić information content (AvgIpc) is 3.25. The van der Waals surface area contributed by atoms with E-state index in [9.17, 15) is 4.79 Å². The Balaban J connectivity index is 1.55. The van der Waals surface area contributed by atoms with E-state index in [4.69, 9.17) is 0 Å². The number of rotatable bonds is 7. The monoisotopic (exact) mass is 416 g/mol. The van der Waals surface area contributed by atoms with E-state index in [2.05, 4.69) is 25.8 Å². The topological polar surface area (TPSA) is 84.7 Å². The Hall–Kier alpha value is -2.39. The molecule has 1 amide bonds. The first kappa shape index (κ1) is 20.3. The number of amides is 1. The van der Waals surface area contributed by atoms with Crippen LogP contribution in [0.25, 0.3) is 11.3 Å². The van der Waals surface area contributed by atoms with Gasteiger partial charge in [0.15, 0.2) is 16.1 Å². The van der Waals surface area contributed by atoms with Gasteiger partial charge in [0.2, 0.25) is 5.91 Å². The normalized spacial score (nSPS) is 11.4. The maximum absolute atomic E-state index is 12.0. The van der Waals surface area contributed by atoms with E-state index in [-0.39, 0.29) is 11.4 Å². The summed E-state index contributed by atoms with van der Waals surface area (Å²) in [7, 11) is 1.90. The number of benzene rings is 1. The fourth-order valence-electron chi connectivity index (χ4n) is 2.46. The third-order valence-corrected chi connectivity index (χ3v) is 5.56. The highest BCUT2D eigenvalue weighted by atomic mass is 32.2. The van der Waals surface area contributed by atoms with Crippen LogP contribution < -0.4 is 10.6 Å². The van der Waals surface area contributed by atoms with Crippen molar-refractivity contribution in [3.05, 3.63) is 41.5 Å². The second-order valence-electron chi connectivity index (χ2n) is 7.30. The molecule has 0 aliphatic rings. The number of thioether (sulfide) groups is 1. The molecule has 28 heavy (non-hydrogen) atoms. The molecular formula is C19H24N6OS2. The maximum Gasteiger partial charge on any atom is 0.230 e. The van der Waals surface area contributed by atoms with Crippen LogP contribution in [0.15, 0.2) is 40.9 Å². The molecule has 7 nitrogen and oxygen atoms in total. The van der Waals surface area contributed by atoms with E-state index in [0.717, 1.165) is 22.2 Å². The Morgan fingerprint density at radius 2 is 1.96 bits per heavy atom. The molecule has 0 atom stereocenters. The van der Waals surface area contributed by atoms with E-state index in [0.29, 0.717) is 17.5 Å². The third kappa shape index (κ3) is 5.56. The summed E-state index contributed by atoms with van der Waals surface area (Å²) in [6, 6.07) is 10.1. The van der Waals surface area contributed by atoms with Crippen LogP contribution in [0.2, 0.25) is 0 Å². The van der Waals surface area contributed by atoms with Crippen molar-refractivity contribution in [1.82, 2.24) is 25.1 Å². The van der Waals surface area contributed by atoms with Crippen molar-refractivity contribution in [2.24, 2.45) is 7.05 Å². The largest absolute Gasteiger partial charge is 0.354 e. The van der Waals surface area contributed by atoms with Crippen LogP contribution in [-0.2, 0) is 18.4 Å². The minimum atomic E-state index is -0.237. The van der Waals surface area contributed by atoms with E-state index in [1.807, 2.05) is 68.1 Å². The summed E-state index contributed by atoms with van der Waals surface area (Å²) >= 11 is 2.93. The second-order valence-corrected chi connectivity index (χ2v) is 9.10. The first-order valence-electron chi connectivity index (χ1n) is 8.89. The van der Waals surface area contributed by atoms with Crippen LogP contribution >= 0.6 is 23.1 Å². The Bertz CT molecular complexity index is 930. The summed E-state index contributed by atoms with van der Waals surface area (Å²) in [6.07, 6.45) is 0. The van der Waals surface area contributed by atoms with E-state index in [1.165, 1.54) is 11.8 Å². The van der Waals surface area contributed by atoms with Crippen molar-refractivity contribution in [2.75, 3.05) is 11.1 Å². The molecule has 0 saturated heterocycles. The summed E-state index contributed by atoms with van der Waals surface area (Å²) in [4.78, 5) is 16.6. The number of carbonyl (C=O) groups excluding carboxylic acids is 1. The lowest BCUT2D eigenvalue weighted by Gasteiger charge is -2.20. The Labute approximate surface area is 173 Å². The van der Waals surface area contributed by atoms with E-state index < -0.39 is 0 Å². The number of aromatic nitrogens is 4. The van der Waals surface area contributed by atoms with Crippen LogP contribution in [-0.4, -0.2) is 36.9 Å². The SMILES string of the molecule is Cn1c(CNc2nc(-c3ccccc3)cs2)nnc1SCC(=O)NC(C)(C)C. The highest BCUT2D eigenvalue weighted by molar-refractivity contribution is 7.99. The van der Waals surface area contributed by atoms with Crippen LogP contribution in [0, 0.1) is 0 Å². The number of nitrogens with one attached hydrogen (secondary N) is 2. The molecule has 1 aromatic carbocycles. The molecule has 3 rings (SSSR count). The summed E-state index contributed by atoms with van der Waals surface area (Å²) in [5, 5.41) is 18.2. The van der Waals surface area contributed by atoms with Gasteiger partial charge >= 0.3 is 0 Å². The molecule has 0 radical (unpaired) electrons. The predicted octanol–water partition coefficient (Wildman–Crippen LogP) is 3.56. The van der Waals surface area contributed by atoms with Gasteiger partial charge < -0.3 is 15.2 Å². The average molecular weight is 417 g/mol. The highest BCUT2D eigenvalue weighted by Gasteiger charge is 2.16. The molecule has 0 fully saturated rings. The minimum Gasteiger partial charge on any atom is -0.354 e. The summed E-state index contributed by atoms with van der Waals surface area (Å²) < 4.78 is 1.90. The Morgan fingerprint density at radius 3 is 2.68 bits per heavy atom. The summed E-state index contributed by atoms with van der Waals surface area (Å²) in [6.45, 7) is 6.40. The Kier molecular flexibility index (Phi) is 6.35. The number of thiazole rings is 1. The second kappa shape index (κ2) is 8.74. The molecular weight excluding hydrogens is 392 g/mol. The molecule has 0 saturated carbocycles. The standard InChI is InChI=1S/C19H24N6OS2/c1-19(2,3)22-16(26)12-28-18-24-23-15(25(18)4)10-20-17-21-14(11-27-17)13-8-6-5-7-9-13/h5-9,11H,10,12H2,1-4H3,(H,20,21)(H,22,26). The minimum absolute atomic E-state index is 0.0172. The molecule has 2 heterocycles. The number of nitrogens with zero attached hydrogens (tertiary/aromatic N) is 4. The van der Waals surface area contributed by atoms with Gasteiger partial charge in [0, 0.05) is 23.5 Å². The molecule has 0 bridgehead atoms. The third-order valence-electron chi connectivity index (χ3n) is 3.74. The first-order valence-corrected chi connectivity index (χ1v) is 10.8. The van der Waals surface area contributed by atoms with Gasteiger partial charge in [0.25, 0.3) is 0 Å². The lowest BCUT2D eigenvalue weighted by molar-refractivity contribution is -0.119. The summed E-state index contributed by atoms with van der Waals surface area (Å²) in [5.74, 6) is 1.08. The molecule has 3 aromatic rings. The number of anilines is 1. The van der Waals surface area contributed by atoms with Gasteiger partial charge in [-0.15, -0.1) is 21.5 Å². The van der Waals surface area contributed by atoms with Gasteiger partial charge in [-0.2, -0.15) is 0 Å². The molecule has 2 N–H and O–H groups in total. The fraction of sp³-hybridized carbons (Fsp3) is 0.368. The lowest BCUT2D eigenvalue weighted by atomic mass is 10.1. The molecule has 0 aliphatic heterocycles. The van der Waals surface area contributed by atoms with Crippen LogP contribution in [0.1, 0.15) is 26.6 Å². The van der Waals surface area contributed by atoms with Crippen LogP contribution in [0.5, 0.6) is 0 Å². The molecule has 0 aliphatic carbocycles. The zero-order chi connectivity index (χ0) is 20.1. The molecule has 0 unspecified atom stereocenters. The van der Waals surface area contributed by atoms with E-state index >= 15 is 0 Å². The zero-order valence-electron chi connectivity index (χ0n) is 16.4. The van der Waals surface area contributed by atoms with Gasteiger partial charge in [0.1, 0.15) is 0 Å². The quantitative estimate of drug-likeness (QED) is 0.573. The Morgan fingerprint density at radius 1 is 1.21 bits per heavy atom. The smallest absolute Gasteiger partial charge is 0.230 e.